The van der Waals surface area contributed by atoms with E-state index >= 15 is 0 Å². The van der Waals surface area contributed by atoms with E-state index < -0.39 is 8.53 Å². The van der Waals surface area contributed by atoms with Gasteiger partial charge in [0, 0.05) is 28.6 Å². The lowest BCUT2D eigenvalue weighted by Gasteiger charge is -2.39. The van der Waals surface area contributed by atoms with Crippen molar-refractivity contribution in [2.45, 2.75) is 70.9 Å². The van der Waals surface area contributed by atoms with Crippen molar-refractivity contribution in [1.82, 2.24) is 4.67 Å². The highest BCUT2D eigenvalue weighted by Gasteiger charge is 2.50. The summed E-state index contributed by atoms with van der Waals surface area (Å²) in [6.07, 6.45) is 4.62. The van der Waals surface area contributed by atoms with Crippen molar-refractivity contribution >= 4 is 8.53 Å². The predicted molar refractivity (Wildman–Crippen MR) is 111 cm³/mol. The van der Waals surface area contributed by atoms with E-state index in [4.69, 9.17) is 9.05 Å². The van der Waals surface area contributed by atoms with Crippen LogP contribution in [0.5, 0.6) is 11.5 Å². The fraction of sp³-hybridized carbons (Fsp3) is 0.478. The Morgan fingerprint density at radius 3 is 1.74 bits per heavy atom. The van der Waals surface area contributed by atoms with Crippen LogP contribution in [0, 0.1) is 0 Å². The SMILES string of the molecule is CC(C)N(C(C)C)P1Oc2cccc3c2C2(CC3)CCc3cccc(c32)O1. The molecular formula is C23H28NO2P. The Hall–Kier alpha value is -1.57. The van der Waals surface area contributed by atoms with Gasteiger partial charge in [-0.15, -0.1) is 0 Å². The number of aryl methyl sites for hydroxylation is 2. The maximum absolute atomic E-state index is 6.69. The molecule has 2 aromatic carbocycles. The van der Waals surface area contributed by atoms with E-state index in [-0.39, 0.29) is 5.41 Å². The van der Waals surface area contributed by atoms with Gasteiger partial charge < -0.3 is 9.05 Å². The van der Waals surface area contributed by atoms with Crippen LogP contribution >= 0.6 is 8.53 Å². The Kier molecular flexibility index (Phi) is 4.04. The van der Waals surface area contributed by atoms with Gasteiger partial charge in [0.25, 0.3) is 0 Å². The van der Waals surface area contributed by atoms with Gasteiger partial charge in [0.05, 0.1) is 0 Å². The highest BCUT2D eigenvalue weighted by molar-refractivity contribution is 7.45. The summed E-state index contributed by atoms with van der Waals surface area (Å²) in [5.74, 6) is 2.09. The summed E-state index contributed by atoms with van der Waals surface area (Å²) in [5.41, 5.74) is 5.90. The first-order valence-electron chi connectivity index (χ1n) is 10.2. The van der Waals surface area contributed by atoms with Gasteiger partial charge in [-0.3, -0.25) is 0 Å². The van der Waals surface area contributed by atoms with Crippen molar-refractivity contribution in [3.8, 4) is 11.5 Å². The molecule has 0 amide bonds. The van der Waals surface area contributed by atoms with Gasteiger partial charge in [-0.1, -0.05) is 24.3 Å². The smallest absolute Gasteiger partial charge is 0.385 e. The molecule has 0 N–H and O–H groups in total. The Balaban J connectivity index is 1.74. The second-order valence-electron chi connectivity index (χ2n) is 8.65. The summed E-state index contributed by atoms with van der Waals surface area (Å²) in [4.78, 5) is 0. The lowest BCUT2D eigenvalue weighted by molar-refractivity contribution is 0.262. The van der Waals surface area contributed by atoms with Gasteiger partial charge in [-0.25, -0.2) is 4.67 Å². The summed E-state index contributed by atoms with van der Waals surface area (Å²) in [6, 6.07) is 13.9. The second-order valence-corrected chi connectivity index (χ2v) is 9.95. The summed E-state index contributed by atoms with van der Waals surface area (Å²) in [5, 5.41) is 0. The molecule has 1 aliphatic heterocycles. The molecule has 1 heterocycles. The largest absolute Gasteiger partial charge is 0.427 e. The van der Waals surface area contributed by atoms with Crippen LogP contribution in [0.25, 0.3) is 0 Å². The van der Waals surface area contributed by atoms with Gasteiger partial charge in [0.2, 0.25) is 0 Å². The maximum Gasteiger partial charge on any atom is 0.385 e. The van der Waals surface area contributed by atoms with Crippen LogP contribution in [0.15, 0.2) is 36.4 Å². The van der Waals surface area contributed by atoms with Crippen LogP contribution in [0.4, 0.5) is 0 Å². The van der Waals surface area contributed by atoms with Crippen molar-refractivity contribution in [3.63, 3.8) is 0 Å². The van der Waals surface area contributed by atoms with Crippen molar-refractivity contribution < 1.29 is 9.05 Å². The van der Waals surface area contributed by atoms with Gasteiger partial charge >= 0.3 is 8.53 Å². The van der Waals surface area contributed by atoms with Crippen LogP contribution < -0.4 is 9.05 Å². The lowest BCUT2D eigenvalue weighted by Crippen LogP contribution is -2.36. The van der Waals surface area contributed by atoms with Crippen molar-refractivity contribution in [3.05, 3.63) is 58.7 Å². The highest BCUT2D eigenvalue weighted by Crippen LogP contribution is 2.62. The van der Waals surface area contributed by atoms with Gasteiger partial charge in [0.1, 0.15) is 11.5 Å². The van der Waals surface area contributed by atoms with E-state index in [1.165, 1.54) is 35.1 Å². The van der Waals surface area contributed by atoms with Gasteiger partial charge in [-0.05, 0) is 76.6 Å². The molecule has 0 unspecified atom stereocenters. The molecule has 0 bridgehead atoms. The Bertz CT molecular complexity index is 820. The molecule has 4 heteroatoms. The molecule has 27 heavy (non-hydrogen) atoms. The molecule has 0 atom stereocenters. The third kappa shape index (κ3) is 2.48. The van der Waals surface area contributed by atoms with Crippen LogP contribution in [-0.4, -0.2) is 16.8 Å². The molecule has 3 nitrogen and oxygen atoms in total. The average molecular weight is 381 g/mol. The molecule has 1 spiro atoms. The number of nitrogens with zero attached hydrogens (tertiary/aromatic N) is 1. The molecule has 0 radical (unpaired) electrons. The number of rotatable bonds is 3. The molecule has 5 rings (SSSR count). The van der Waals surface area contributed by atoms with Crippen LogP contribution in [-0.2, 0) is 18.3 Å². The third-order valence-electron chi connectivity index (χ3n) is 6.42. The summed E-state index contributed by atoms with van der Waals surface area (Å²) >= 11 is 0. The van der Waals surface area contributed by atoms with E-state index in [9.17, 15) is 0 Å². The molecule has 0 saturated heterocycles. The first kappa shape index (κ1) is 17.5. The van der Waals surface area contributed by atoms with Crippen molar-refractivity contribution in [2.75, 3.05) is 0 Å². The van der Waals surface area contributed by atoms with E-state index in [1.807, 2.05) is 0 Å². The monoisotopic (exact) mass is 381 g/mol. The number of benzene rings is 2. The zero-order valence-corrected chi connectivity index (χ0v) is 17.6. The molecule has 142 valence electrons. The minimum absolute atomic E-state index is 0.0831. The normalized spacial score (nSPS) is 19.5. The number of hydrogen-bond donors (Lipinski definition) is 0. The highest BCUT2D eigenvalue weighted by atomic mass is 31.2. The van der Waals surface area contributed by atoms with Crippen LogP contribution in [0.2, 0.25) is 0 Å². The third-order valence-corrected chi connectivity index (χ3v) is 8.43. The molecule has 2 aromatic rings. The topological polar surface area (TPSA) is 21.7 Å². The van der Waals surface area contributed by atoms with E-state index in [2.05, 4.69) is 68.8 Å². The minimum atomic E-state index is -1.21. The lowest BCUT2D eigenvalue weighted by atomic mass is 9.76. The van der Waals surface area contributed by atoms with E-state index in [0.29, 0.717) is 12.1 Å². The summed E-state index contributed by atoms with van der Waals surface area (Å²) in [7, 11) is -1.21. The van der Waals surface area contributed by atoms with Gasteiger partial charge in [0.15, 0.2) is 0 Å². The standard InChI is InChI=1S/C23H28NO2P/c1-15(2)24(16(3)4)27-25-19-9-5-7-17-11-13-23(21(17)19)14-12-18-8-6-10-20(26-27)22(18)23/h5-10,15-16H,11-14H2,1-4H3. The van der Waals surface area contributed by atoms with Crippen LogP contribution in [0.3, 0.4) is 0 Å². The molecular weight excluding hydrogens is 353 g/mol. The van der Waals surface area contributed by atoms with Crippen molar-refractivity contribution in [1.29, 1.82) is 0 Å². The molecule has 2 aliphatic carbocycles. The second kappa shape index (κ2) is 6.22. The van der Waals surface area contributed by atoms with Crippen LogP contribution in [0.1, 0.15) is 62.8 Å². The van der Waals surface area contributed by atoms with E-state index in [1.54, 1.807) is 0 Å². The Morgan fingerprint density at radius 1 is 0.815 bits per heavy atom. The quantitative estimate of drug-likeness (QED) is 0.610. The van der Waals surface area contributed by atoms with E-state index in [0.717, 1.165) is 24.3 Å². The maximum atomic E-state index is 6.69. The minimum Gasteiger partial charge on any atom is -0.427 e. The first-order chi connectivity index (χ1) is 13.0. The molecule has 3 aliphatic rings. The molecule has 0 saturated carbocycles. The van der Waals surface area contributed by atoms with Gasteiger partial charge in [-0.2, -0.15) is 0 Å². The average Bonchev–Trinajstić information content (AvgIpc) is 3.17. The number of hydrogen-bond acceptors (Lipinski definition) is 3. The fourth-order valence-electron chi connectivity index (χ4n) is 5.51. The zero-order chi connectivity index (χ0) is 18.8. The summed E-state index contributed by atoms with van der Waals surface area (Å²) < 4.78 is 15.8. The molecule has 0 fully saturated rings. The Morgan fingerprint density at radius 2 is 1.30 bits per heavy atom. The zero-order valence-electron chi connectivity index (χ0n) is 16.7. The Labute approximate surface area is 163 Å². The predicted octanol–water partition coefficient (Wildman–Crippen LogP) is 5.98. The summed E-state index contributed by atoms with van der Waals surface area (Å²) in [6.45, 7) is 8.90. The molecule has 0 aromatic heterocycles. The fourth-order valence-corrected chi connectivity index (χ4v) is 7.13. The first-order valence-corrected chi connectivity index (χ1v) is 11.3. The van der Waals surface area contributed by atoms with Crippen molar-refractivity contribution in [2.24, 2.45) is 0 Å².